The smallest absolute Gasteiger partial charge is 0.0494 e. The Bertz CT molecular complexity index is 376. The number of hydrogen-bond donors (Lipinski definition) is 1. The van der Waals surface area contributed by atoms with Gasteiger partial charge in [0.25, 0.3) is 0 Å². The molecule has 1 N–H and O–H groups in total. The normalized spacial score (nSPS) is 10.4. The minimum atomic E-state index is 0.946. The van der Waals surface area contributed by atoms with Gasteiger partial charge < -0.3 is 5.32 Å². The van der Waals surface area contributed by atoms with Crippen molar-refractivity contribution in [3.05, 3.63) is 38.7 Å². The third-order valence-corrected chi connectivity index (χ3v) is 3.97. The lowest BCUT2D eigenvalue weighted by Crippen LogP contribution is -1.94. The van der Waals surface area contributed by atoms with Gasteiger partial charge in [-0.1, -0.05) is 6.92 Å². The van der Waals surface area contributed by atoms with E-state index in [0.29, 0.717) is 0 Å². The molecule has 0 bridgehead atoms. The fourth-order valence-corrected chi connectivity index (χ4v) is 2.77. The fourth-order valence-electron chi connectivity index (χ4n) is 1.26. The molecular weight excluding hydrogens is 210 g/mol. The molecule has 0 fully saturated rings. The zero-order valence-corrected chi connectivity index (χ0v) is 9.75. The molecule has 0 saturated carbocycles. The van der Waals surface area contributed by atoms with Crippen molar-refractivity contribution in [3.63, 3.8) is 0 Å². The van der Waals surface area contributed by atoms with Crippen LogP contribution in [0.4, 0.5) is 5.69 Å². The molecule has 0 amide bonds. The molecule has 0 aliphatic carbocycles. The van der Waals surface area contributed by atoms with Crippen molar-refractivity contribution in [3.8, 4) is 0 Å². The van der Waals surface area contributed by atoms with Crippen LogP contribution in [-0.2, 0) is 13.0 Å². The third-order valence-electron chi connectivity index (χ3n) is 2.05. The van der Waals surface area contributed by atoms with Crippen molar-refractivity contribution < 1.29 is 0 Å². The summed E-state index contributed by atoms with van der Waals surface area (Å²) in [5.74, 6) is 0. The zero-order chi connectivity index (χ0) is 9.80. The highest BCUT2D eigenvalue weighted by atomic mass is 32.1. The highest BCUT2D eigenvalue weighted by molar-refractivity contribution is 7.12. The Morgan fingerprint density at radius 3 is 2.71 bits per heavy atom. The van der Waals surface area contributed by atoms with Crippen molar-refractivity contribution in [1.82, 2.24) is 0 Å². The first-order valence-corrected chi connectivity index (χ1v) is 6.48. The maximum atomic E-state index is 3.40. The van der Waals surface area contributed by atoms with E-state index in [4.69, 9.17) is 0 Å². The quantitative estimate of drug-likeness (QED) is 0.826. The molecule has 3 heteroatoms. The monoisotopic (exact) mass is 223 g/mol. The first kappa shape index (κ1) is 9.74. The molecule has 2 aromatic rings. The number of nitrogens with one attached hydrogen (secondary N) is 1. The van der Waals surface area contributed by atoms with Gasteiger partial charge in [0.15, 0.2) is 0 Å². The molecular formula is C11H13NS2. The van der Waals surface area contributed by atoms with Gasteiger partial charge in [-0.15, -0.1) is 11.3 Å². The molecule has 2 heterocycles. The molecule has 2 aromatic heterocycles. The van der Waals surface area contributed by atoms with Crippen LogP contribution in [0.3, 0.4) is 0 Å². The molecule has 0 aliphatic heterocycles. The summed E-state index contributed by atoms with van der Waals surface area (Å²) in [5, 5.41) is 7.62. The Balaban J connectivity index is 1.92. The summed E-state index contributed by atoms with van der Waals surface area (Å²) in [6, 6.07) is 6.54. The van der Waals surface area contributed by atoms with E-state index in [1.165, 1.54) is 15.4 Å². The van der Waals surface area contributed by atoms with Crippen LogP contribution in [-0.4, -0.2) is 0 Å². The number of aryl methyl sites for hydroxylation is 1. The lowest BCUT2D eigenvalue weighted by atomic mass is 10.3. The van der Waals surface area contributed by atoms with E-state index in [-0.39, 0.29) is 0 Å². The Morgan fingerprint density at radius 1 is 1.21 bits per heavy atom. The number of rotatable bonds is 4. The summed E-state index contributed by atoms with van der Waals surface area (Å²) in [4.78, 5) is 2.88. The predicted molar refractivity (Wildman–Crippen MR) is 65.3 cm³/mol. The Hall–Kier alpha value is -0.800. The molecule has 0 unspecified atom stereocenters. The van der Waals surface area contributed by atoms with Gasteiger partial charge in [0, 0.05) is 27.4 Å². The van der Waals surface area contributed by atoms with Crippen LogP contribution < -0.4 is 5.32 Å². The average molecular weight is 223 g/mol. The third kappa shape index (κ3) is 2.36. The average Bonchev–Trinajstić information content (AvgIpc) is 2.86. The van der Waals surface area contributed by atoms with Gasteiger partial charge in [0.1, 0.15) is 0 Å². The second-order valence-corrected chi connectivity index (χ2v) is 5.12. The fraction of sp³-hybridized carbons (Fsp3) is 0.273. The molecule has 0 atom stereocenters. The predicted octanol–water partition coefficient (Wildman–Crippen LogP) is 3.98. The van der Waals surface area contributed by atoms with E-state index < -0.39 is 0 Å². The van der Waals surface area contributed by atoms with Crippen LogP contribution in [0.5, 0.6) is 0 Å². The summed E-state index contributed by atoms with van der Waals surface area (Å²) >= 11 is 3.62. The lowest BCUT2D eigenvalue weighted by molar-refractivity contribution is 1.19. The SMILES string of the molecule is CCc1ccc(CNc2ccsc2)s1. The Labute approximate surface area is 92.4 Å². The van der Waals surface area contributed by atoms with Gasteiger partial charge in [-0.2, -0.15) is 11.3 Å². The van der Waals surface area contributed by atoms with E-state index in [1.807, 2.05) is 11.3 Å². The van der Waals surface area contributed by atoms with Crippen LogP contribution in [0.1, 0.15) is 16.7 Å². The number of thiophene rings is 2. The highest BCUT2D eigenvalue weighted by Crippen LogP contribution is 2.19. The first-order chi connectivity index (χ1) is 6.88. The standard InChI is InChI=1S/C11H13NS2/c1-2-10-3-4-11(14-10)7-12-9-5-6-13-8-9/h3-6,8,12H,2,7H2,1H3. The Kier molecular flexibility index (Phi) is 3.22. The van der Waals surface area contributed by atoms with Gasteiger partial charge in [0.05, 0.1) is 0 Å². The van der Waals surface area contributed by atoms with Crippen LogP contribution in [0.25, 0.3) is 0 Å². The van der Waals surface area contributed by atoms with E-state index in [0.717, 1.165) is 13.0 Å². The topological polar surface area (TPSA) is 12.0 Å². The lowest BCUT2D eigenvalue weighted by Gasteiger charge is -2.00. The minimum Gasteiger partial charge on any atom is -0.379 e. The largest absolute Gasteiger partial charge is 0.379 e. The van der Waals surface area contributed by atoms with Gasteiger partial charge in [-0.25, -0.2) is 0 Å². The summed E-state index contributed by atoms with van der Waals surface area (Å²) in [7, 11) is 0. The molecule has 0 spiro atoms. The van der Waals surface area contributed by atoms with Crippen molar-refractivity contribution in [2.24, 2.45) is 0 Å². The molecule has 2 rings (SSSR count). The molecule has 14 heavy (non-hydrogen) atoms. The van der Waals surface area contributed by atoms with Crippen LogP contribution in [0, 0.1) is 0 Å². The van der Waals surface area contributed by atoms with Crippen LogP contribution in [0.2, 0.25) is 0 Å². The molecule has 0 aromatic carbocycles. The van der Waals surface area contributed by atoms with E-state index in [9.17, 15) is 0 Å². The maximum absolute atomic E-state index is 3.40. The second-order valence-electron chi connectivity index (χ2n) is 3.09. The number of hydrogen-bond acceptors (Lipinski definition) is 3. The van der Waals surface area contributed by atoms with Crippen LogP contribution in [0.15, 0.2) is 29.0 Å². The van der Waals surface area contributed by atoms with Gasteiger partial charge in [-0.3, -0.25) is 0 Å². The van der Waals surface area contributed by atoms with E-state index >= 15 is 0 Å². The minimum absolute atomic E-state index is 0.946. The first-order valence-electron chi connectivity index (χ1n) is 4.72. The van der Waals surface area contributed by atoms with Crippen LogP contribution >= 0.6 is 22.7 Å². The maximum Gasteiger partial charge on any atom is 0.0494 e. The second kappa shape index (κ2) is 4.62. The van der Waals surface area contributed by atoms with Crippen molar-refractivity contribution >= 4 is 28.4 Å². The molecule has 0 radical (unpaired) electrons. The van der Waals surface area contributed by atoms with Gasteiger partial charge in [-0.05, 0) is 30.0 Å². The molecule has 0 saturated heterocycles. The summed E-state index contributed by atoms with van der Waals surface area (Å²) in [6.07, 6.45) is 1.14. The van der Waals surface area contributed by atoms with Crippen molar-refractivity contribution in [1.29, 1.82) is 0 Å². The molecule has 74 valence electrons. The van der Waals surface area contributed by atoms with Gasteiger partial charge >= 0.3 is 0 Å². The van der Waals surface area contributed by atoms with E-state index in [2.05, 4.69) is 41.2 Å². The van der Waals surface area contributed by atoms with Gasteiger partial charge in [0.2, 0.25) is 0 Å². The molecule has 1 nitrogen and oxygen atoms in total. The summed E-state index contributed by atoms with van der Waals surface area (Å²) in [5.41, 5.74) is 1.22. The highest BCUT2D eigenvalue weighted by Gasteiger charge is 1.98. The Morgan fingerprint density at radius 2 is 2.07 bits per heavy atom. The molecule has 0 aliphatic rings. The summed E-state index contributed by atoms with van der Waals surface area (Å²) in [6.45, 7) is 3.14. The zero-order valence-electron chi connectivity index (χ0n) is 8.12. The summed E-state index contributed by atoms with van der Waals surface area (Å²) < 4.78 is 0. The van der Waals surface area contributed by atoms with E-state index in [1.54, 1.807) is 11.3 Å². The van der Waals surface area contributed by atoms with Crippen molar-refractivity contribution in [2.75, 3.05) is 5.32 Å². The number of anilines is 1. The van der Waals surface area contributed by atoms with Crippen molar-refractivity contribution in [2.45, 2.75) is 19.9 Å².